The second-order valence-electron chi connectivity index (χ2n) is 7.22. The summed E-state index contributed by atoms with van der Waals surface area (Å²) in [7, 11) is 1.42. The molecule has 0 saturated carbocycles. The summed E-state index contributed by atoms with van der Waals surface area (Å²) in [5.41, 5.74) is 1.85. The molecule has 7 heteroatoms. The molecule has 3 N–H and O–H groups in total. The maximum Gasteiger partial charge on any atom is 0.174 e. The van der Waals surface area contributed by atoms with Crippen molar-refractivity contribution in [3.63, 3.8) is 0 Å². The number of rotatable bonds is 7. The van der Waals surface area contributed by atoms with Crippen LogP contribution < -0.4 is 9.47 Å². The number of carbonyl (C=O) groups excluding carboxylic acids is 2. The fourth-order valence-corrected chi connectivity index (χ4v) is 3.45. The average molecular weight is 412 g/mol. The van der Waals surface area contributed by atoms with E-state index in [2.05, 4.69) is 0 Å². The van der Waals surface area contributed by atoms with Crippen molar-refractivity contribution in [2.75, 3.05) is 7.11 Å². The molecule has 1 heterocycles. The number of Topliss-reactive ketones (excluding diaryl/α,β-unsaturated/α-hetero) is 1. The van der Waals surface area contributed by atoms with Crippen LogP contribution in [0.25, 0.3) is 0 Å². The summed E-state index contributed by atoms with van der Waals surface area (Å²) in [4.78, 5) is 23.3. The topological polar surface area (TPSA) is 113 Å². The molecular weight excluding hydrogens is 388 g/mol. The van der Waals surface area contributed by atoms with Crippen LogP contribution in [0.5, 0.6) is 28.7 Å². The third kappa shape index (κ3) is 4.25. The predicted molar refractivity (Wildman–Crippen MR) is 110 cm³/mol. The van der Waals surface area contributed by atoms with Gasteiger partial charge in [-0.25, -0.2) is 0 Å². The van der Waals surface area contributed by atoms with Crippen molar-refractivity contribution in [3.8, 4) is 28.7 Å². The molecule has 0 radical (unpaired) electrons. The number of hydrogen-bond donors (Lipinski definition) is 3. The van der Waals surface area contributed by atoms with Gasteiger partial charge >= 0.3 is 0 Å². The monoisotopic (exact) mass is 412 g/mol. The van der Waals surface area contributed by atoms with Gasteiger partial charge in [0, 0.05) is 18.1 Å². The molecule has 0 bridgehead atoms. The molecule has 0 spiro atoms. The second-order valence-corrected chi connectivity index (χ2v) is 7.22. The van der Waals surface area contributed by atoms with E-state index in [1.807, 2.05) is 13.0 Å². The van der Waals surface area contributed by atoms with Gasteiger partial charge < -0.3 is 29.6 Å². The zero-order valence-electron chi connectivity index (χ0n) is 16.8. The van der Waals surface area contributed by atoms with E-state index in [-0.39, 0.29) is 58.5 Å². The van der Waals surface area contributed by atoms with Gasteiger partial charge in [-0.2, -0.15) is 0 Å². The highest BCUT2D eigenvalue weighted by Crippen LogP contribution is 2.45. The van der Waals surface area contributed by atoms with Crippen molar-refractivity contribution in [1.29, 1.82) is 0 Å². The fraction of sp³-hybridized carbons (Fsp3) is 0.304. The molecule has 3 rings (SSSR count). The Labute approximate surface area is 174 Å². The number of ether oxygens (including phenoxy) is 2. The first-order valence-electron chi connectivity index (χ1n) is 9.59. The number of carbonyl (C=O) groups is 2. The molecule has 0 aromatic heterocycles. The quantitative estimate of drug-likeness (QED) is 0.465. The number of aromatic hydroxyl groups is 3. The van der Waals surface area contributed by atoms with Crippen molar-refractivity contribution in [2.24, 2.45) is 0 Å². The summed E-state index contributed by atoms with van der Waals surface area (Å²) in [5.74, 6) is -0.455. The Kier molecular flexibility index (Phi) is 6.30. The highest BCUT2D eigenvalue weighted by molar-refractivity contribution is 6.03. The molecule has 1 aliphatic rings. The molecule has 0 aliphatic carbocycles. The molecule has 0 saturated heterocycles. The normalized spacial score (nSPS) is 16.0. The maximum absolute atomic E-state index is 12.8. The van der Waals surface area contributed by atoms with E-state index >= 15 is 0 Å². The third-order valence-corrected chi connectivity index (χ3v) is 5.15. The highest BCUT2D eigenvalue weighted by Gasteiger charge is 2.33. The Morgan fingerprint density at radius 3 is 2.70 bits per heavy atom. The van der Waals surface area contributed by atoms with Gasteiger partial charge in [-0.1, -0.05) is 17.7 Å². The molecule has 0 amide bonds. The van der Waals surface area contributed by atoms with E-state index in [0.717, 1.165) is 11.9 Å². The van der Waals surface area contributed by atoms with Crippen LogP contribution in [0.1, 0.15) is 53.8 Å². The van der Waals surface area contributed by atoms with Crippen LogP contribution in [0.2, 0.25) is 0 Å². The zero-order valence-corrected chi connectivity index (χ0v) is 16.8. The molecule has 1 atom stereocenters. The summed E-state index contributed by atoms with van der Waals surface area (Å²) in [6.45, 7) is 1.86. The number of phenolic OH excluding ortho intramolecular Hbond substituents is 3. The number of ketones is 1. The molecule has 2 aromatic rings. The minimum absolute atomic E-state index is 0.00704. The van der Waals surface area contributed by atoms with Crippen LogP contribution in [0.4, 0.5) is 0 Å². The first kappa shape index (κ1) is 21.2. The van der Waals surface area contributed by atoms with Gasteiger partial charge in [0.25, 0.3) is 0 Å². The highest BCUT2D eigenvalue weighted by atomic mass is 16.5. The van der Waals surface area contributed by atoms with Gasteiger partial charge in [-0.05, 0) is 37.5 Å². The van der Waals surface area contributed by atoms with E-state index in [1.165, 1.54) is 19.2 Å². The van der Waals surface area contributed by atoms with Crippen LogP contribution >= 0.6 is 0 Å². The predicted octanol–water partition coefficient (Wildman–Crippen LogP) is 3.99. The van der Waals surface area contributed by atoms with Crippen molar-refractivity contribution in [1.82, 2.24) is 0 Å². The van der Waals surface area contributed by atoms with E-state index in [4.69, 9.17) is 9.47 Å². The largest absolute Gasteiger partial charge is 0.507 e. The van der Waals surface area contributed by atoms with Crippen LogP contribution in [0.3, 0.4) is 0 Å². The molecule has 1 aliphatic heterocycles. The number of methoxy groups -OCH3 is 1. The maximum atomic E-state index is 12.8. The van der Waals surface area contributed by atoms with Crippen LogP contribution in [0.15, 0.2) is 35.9 Å². The van der Waals surface area contributed by atoms with Gasteiger partial charge in [0.05, 0.1) is 13.5 Å². The molecule has 2 aromatic carbocycles. The number of benzene rings is 2. The van der Waals surface area contributed by atoms with Gasteiger partial charge in [0.2, 0.25) is 0 Å². The number of hydrogen-bond acceptors (Lipinski definition) is 7. The van der Waals surface area contributed by atoms with Gasteiger partial charge in [0.1, 0.15) is 35.2 Å². The van der Waals surface area contributed by atoms with Gasteiger partial charge in [-0.3, -0.25) is 4.79 Å². The standard InChI is InChI=1S/C23H24O7/c1-13(4-3-9-24)5-7-15-17(26)11-21-22(23(15)28)18(27)12-19(30-21)14-6-8-16(25)20(10-14)29-2/h5-6,8-11,19,25-26,28H,3-4,7,12H2,1-2H3/b13-5+/t19-/m0/s1. The van der Waals surface area contributed by atoms with Crippen LogP contribution in [0, 0.1) is 0 Å². The smallest absolute Gasteiger partial charge is 0.174 e. The van der Waals surface area contributed by atoms with Gasteiger partial charge in [0.15, 0.2) is 17.3 Å². The summed E-state index contributed by atoms with van der Waals surface area (Å²) >= 11 is 0. The molecule has 30 heavy (non-hydrogen) atoms. The van der Waals surface area contributed by atoms with Crippen molar-refractivity contribution in [3.05, 3.63) is 52.6 Å². The zero-order chi connectivity index (χ0) is 21.8. The first-order valence-corrected chi connectivity index (χ1v) is 9.59. The summed E-state index contributed by atoms with van der Waals surface area (Å²) in [6, 6.07) is 6.00. The first-order chi connectivity index (χ1) is 14.3. The van der Waals surface area contributed by atoms with E-state index in [1.54, 1.807) is 12.1 Å². The minimum atomic E-state index is -0.644. The van der Waals surface area contributed by atoms with E-state index in [9.17, 15) is 24.9 Å². The number of phenols is 3. The van der Waals surface area contributed by atoms with Crippen molar-refractivity contribution in [2.45, 2.75) is 38.7 Å². The lowest BCUT2D eigenvalue weighted by Crippen LogP contribution is -2.21. The molecule has 0 unspecified atom stereocenters. The second kappa shape index (κ2) is 8.90. The Morgan fingerprint density at radius 1 is 1.23 bits per heavy atom. The fourth-order valence-electron chi connectivity index (χ4n) is 3.45. The lowest BCUT2D eigenvalue weighted by atomic mass is 9.92. The van der Waals surface area contributed by atoms with Crippen LogP contribution in [-0.2, 0) is 11.2 Å². The number of fused-ring (bicyclic) bond motifs is 1. The van der Waals surface area contributed by atoms with Crippen molar-refractivity contribution < 1.29 is 34.4 Å². The number of aldehydes is 1. The molecular formula is C23H24O7. The third-order valence-electron chi connectivity index (χ3n) is 5.15. The number of allylic oxidation sites excluding steroid dienone is 2. The Balaban J connectivity index is 1.90. The average Bonchev–Trinajstić information content (AvgIpc) is 2.71. The van der Waals surface area contributed by atoms with E-state index in [0.29, 0.717) is 18.4 Å². The molecule has 7 nitrogen and oxygen atoms in total. The summed E-state index contributed by atoms with van der Waals surface area (Å²) in [5, 5.41) is 30.8. The molecule has 0 fully saturated rings. The summed E-state index contributed by atoms with van der Waals surface area (Å²) < 4.78 is 11.0. The Morgan fingerprint density at radius 2 is 2.00 bits per heavy atom. The minimum Gasteiger partial charge on any atom is -0.507 e. The summed E-state index contributed by atoms with van der Waals surface area (Å²) in [6.07, 6.45) is 3.21. The van der Waals surface area contributed by atoms with E-state index < -0.39 is 6.10 Å². The lowest BCUT2D eigenvalue weighted by molar-refractivity contribution is -0.107. The molecule has 158 valence electrons. The van der Waals surface area contributed by atoms with Gasteiger partial charge in [-0.15, -0.1) is 0 Å². The van der Waals surface area contributed by atoms with Crippen LogP contribution in [-0.4, -0.2) is 34.5 Å². The Hall–Kier alpha value is -3.48. The lowest BCUT2D eigenvalue weighted by Gasteiger charge is -2.27. The SMILES string of the molecule is COc1cc([C@@H]2CC(=O)c3c(cc(O)c(C/C=C(\C)CCC=O)c3O)O2)ccc1O. The Bertz CT molecular complexity index is 1010. The van der Waals surface area contributed by atoms with Crippen molar-refractivity contribution >= 4 is 12.1 Å².